The van der Waals surface area contributed by atoms with Crippen LogP contribution in [0.1, 0.15) is 48.6 Å². The normalized spacial score (nSPS) is 11.9. The van der Waals surface area contributed by atoms with Gasteiger partial charge in [0, 0.05) is 23.1 Å². The molecule has 0 saturated carbocycles. The predicted octanol–water partition coefficient (Wildman–Crippen LogP) is 5.59. The van der Waals surface area contributed by atoms with Gasteiger partial charge in [0.25, 0.3) is 5.91 Å². The Bertz CT molecular complexity index is 1350. The van der Waals surface area contributed by atoms with Crippen LogP contribution >= 0.6 is 23.1 Å². The van der Waals surface area contributed by atoms with Crippen molar-refractivity contribution in [3.05, 3.63) is 76.9 Å². The Balaban J connectivity index is 1.40. The van der Waals surface area contributed by atoms with E-state index in [1.54, 1.807) is 12.1 Å². The molecule has 4 aromatic rings. The summed E-state index contributed by atoms with van der Waals surface area (Å²) in [5.41, 5.74) is 3.63. The predicted molar refractivity (Wildman–Crippen MR) is 149 cm³/mol. The molecule has 0 aliphatic heterocycles. The summed E-state index contributed by atoms with van der Waals surface area (Å²) < 4.78 is 1.95. The van der Waals surface area contributed by atoms with E-state index in [1.165, 1.54) is 28.7 Å². The number of aromatic nitrogens is 4. The van der Waals surface area contributed by atoms with Crippen molar-refractivity contribution in [2.45, 2.75) is 45.4 Å². The summed E-state index contributed by atoms with van der Waals surface area (Å²) in [5, 5.41) is 17.8. The van der Waals surface area contributed by atoms with Gasteiger partial charge in [-0.05, 0) is 31.9 Å². The highest BCUT2D eigenvalue weighted by Gasteiger charge is 2.26. The number of hydrogen-bond donors (Lipinski definition) is 2. The highest BCUT2D eigenvalue weighted by atomic mass is 32.2. The maximum Gasteiger partial charge on any atom is 0.251 e. The highest BCUT2D eigenvalue weighted by molar-refractivity contribution is 7.99. The highest BCUT2D eigenvalue weighted by Crippen LogP contribution is 2.27. The van der Waals surface area contributed by atoms with Gasteiger partial charge in [-0.2, -0.15) is 0 Å². The number of nitrogens with zero attached hydrogens (tertiary/aromatic N) is 4. The Morgan fingerprint density at radius 2 is 1.78 bits per heavy atom. The van der Waals surface area contributed by atoms with Crippen molar-refractivity contribution in [1.82, 2.24) is 25.1 Å². The van der Waals surface area contributed by atoms with Crippen molar-refractivity contribution in [2.24, 2.45) is 5.92 Å². The Morgan fingerprint density at radius 1 is 1.05 bits per heavy atom. The zero-order valence-corrected chi connectivity index (χ0v) is 22.9. The van der Waals surface area contributed by atoms with Crippen molar-refractivity contribution >= 4 is 40.0 Å². The van der Waals surface area contributed by atoms with Crippen LogP contribution in [-0.2, 0) is 11.3 Å². The Labute approximate surface area is 224 Å². The van der Waals surface area contributed by atoms with Crippen LogP contribution in [0.3, 0.4) is 0 Å². The molecule has 4 rings (SSSR count). The number of anilines is 1. The lowest BCUT2D eigenvalue weighted by Crippen LogP contribution is -2.33. The Kier molecular flexibility index (Phi) is 8.73. The molecule has 2 heterocycles. The van der Waals surface area contributed by atoms with Gasteiger partial charge in [0.1, 0.15) is 0 Å². The second kappa shape index (κ2) is 12.2. The molecule has 0 fully saturated rings. The lowest BCUT2D eigenvalue weighted by molar-refractivity contribution is -0.113. The topological polar surface area (TPSA) is 102 Å². The molecule has 0 radical (unpaired) electrons. The first kappa shape index (κ1) is 26.6. The first-order valence-corrected chi connectivity index (χ1v) is 14.0. The quantitative estimate of drug-likeness (QED) is 0.257. The fourth-order valence-electron chi connectivity index (χ4n) is 3.75. The summed E-state index contributed by atoms with van der Waals surface area (Å²) in [6.45, 7) is 8.71. The van der Waals surface area contributed by atoms with E-state index in [9.17, 15) is 9.59 Å². The molecule has 0 spiro atoms. The van der Waals surface area contributed by atoms with Gasteiger partial charge < -0.3 is 15.2 Å². The molecule has 2 N–H and O–H groups in total. The molecule has 192 valence electrons. The van der Waals surface area contributed by atoms with Gasteiger partial charge in [-0.1, -0.05) is 73.6 Å². The van der Waals surface area contributed by atoms with Crippen molar-refractivity contribution in [1.29, 1.82) is 0 Å². The van der Waals surface area contributed by atoms with E-state index >= 15 is 0 Å². The van der Waals surface area contributed by atoms with Gasteiger partial charge in [0.15, 0.2) is 16.1 Å². The number of rotatable bonds is 10. The minimum atomic E-state index is -0.321. The molecule has 37 heavy (non-hydrogen) atoms. The summed E-state index contributed by atoms with van der Waals surface area (Å²) >= 11 is 2.71. The number of thiazole rings is 1. The summed E-state index contributed by atoms with van der Waals surface area (Å²) in [7, 11) is 0. The fourth-order valence-corrected chi connectivity index (χ4v) is 5.30. The van der Waals surface area contributed by atoms with Gasteiger partial charge in [0.05, 0.1) is 17.5 Å². The molecular formula is C27H30N6O2S2. The number of thioether (sulfide) groups is 1. The number of nitrogens with one attached hydrogen (secondary N) is 2. The molecule has 0 aliphatic carbocycles. The Morgan fingerprint density at radius 3 is 2.46 bits per heavy atom. The maximum atomic E-state index is 12.8. The third-order valence-electron chi connectivity index (χ3n) is 5.76. The standard InChI is InChI=1S/C27H30N6O2S2/c1-5-33-24(23(17(2)3)30-25(35)20-9-7-6-8-10-20)31-32-27(33)37-16-22(34)29-26-28-21(15-36-26)19-13-11-18(4)12-14-19/h6-15,17,23H,5,16H2,1-4H3,(H,30,35)(H,28,29,34). The molecule has 0 aliphatic rings. The van der Waals surface area contributed by atoms with Crippen LogP contribution in [0.5, 0.6) is 0 Å². The van der Waals surface area contributed by atoms with E-state index in [0.29, 0.717) is 28.2 Å². The third kappa shape index (κ3) is 6.64. The molecular weight excluding hydrogens is 504 g/mol. The van der Waals surface area contributed by atoms with E-state index in [-0.39, 0.29) is 29.5 Å². The van der Waals surface area contributed by atoms with E-state index in [2.05, 4.69) is 25.8 Å². The van der Waals surface area contributed by atoms with Gasteiger partial charge in [-0.15, -0.1) is 21.5 Å². The second-order valence-corrected chi connectivity index (χ2v) is 10.7. The average Bonchev–Trinajstić information content (AvgIpc) is 3.53. The van der Waals surface area contributed by atoms with Gasteiger partial charge in [-0.25, -0.2) is 4.98 Å². The van der Waals surface area contributed by atoms with Crippen LogP contribution in [0.15, 0.2) is 65.1 Å². The lowest BCUT2D eigenvalue weighted by atomic mass is 10.0. The van der Waals surface area contributed by atoms with Crippen molar-refractivity contribution < 1.29 is 9.59 Å². The van der Waals surface area contributed by atoms with Gasteiger partial charge >= 0.3 is 0 Å². The fraction of sp³-hybridized carbons (Fsp3) is 0.296. The first-order chi connectivity index (χ1) is 17.9. The van der Waals surface area contributed by atoms with Crippen LogP contribution < -0.4 is 10.6 Å². The molecule has 1 atom stereocenters. The SMILES string of the molecule is CCn1c(SCC(=O)Nc2nc(-c3ccc(C)cc3)cs2)nnc1C(NC(=O)c1ccccc1)C(C)C. The lowest BCUT2D eigenvalue weighted by Gasteiger charge is -2.22. The summed E-state index contributed by atoms with van der Waals surface area (Å²) in [6, 6.07) is 16.9. The summed E-state index contributed by atoms with van der Waals surface area (Å²) in [6.07, 6.45) is 0. The number of carbonyl (C=O) groups is 2. The zero-order valence-electron chi connectivity index (χ0n) is 21.3. The third-order valence-corrected chi connectivity index (χ3v) is 7.48. The number of hydrogen-bond acceptors (Lipinski definition) is 7. The molecule has 1 unspecified atom stereocenters. The number of carbonyl (C=O) groups excluding carboxylic acids is 2. The molecule has 8 nitrogen and oxygen atoms in total. The monoisotopic (exact) mass is 534 g/mol. The molecule has 0 saturated heterocycles. The van der Waals surface area contributed by atoms with Gasteiger partial charge in [0.2, 0.25) is 5.91 Å². The van der Waals surface area contributed by atoms with E-state index in [4.69, 9.17) is 0 Å². The molecule has 2 aromatic heterocycles. The maximum absolute atomic E-state index is 12.8. The summed E-state index contributed by atoms with van der Waals surface area (Å²) in [4.78, 5) is 30.0. The number of amides is 2. The van der Waals surface area contributed by atoms with Crippen LogP contribution in [0.4, 0.5) is 5.13 Å². The van der Waals surface area contributed by atoms with E-state index in [0.717, 1.165) is 11.3 Å². The van der Waals surface area contributed by atoms with Crippen molar-refractivity contribution in [2.75, 3.05) is 11.1 Å². The van der Waals surface area contributed by atoms with E-state index in [1.807, 2.05) is 80.1 Å². The number of aryl methyl sites for hydroxylation is 1. The largest absolute Gasteiger partial charge is 0.342 e. The molecule has 2 aromatic carbocycles. The van der Waals surface area contributed by atoms with Crippen LogP contribution in [0.25, 0.3) is 11.3 Å². The van der Waals surface area contributed by atoms with Gasteiger partial charge in [-0.3, -0.25) is 9.59 Å². The average molecular weight is 535 g/mol. The minimum absolute atomic E-state index is 0.0935. The van der Waals surface area contributed by atoms with Crippen molar-refractivity contribution in [3.8, 4) is 11.3 Å². The first-order valence-electron chi connectivity index (χ1n) is 12.1. The van der Waals surface area contributed by atoms with Crippen LogP contribution in [-0.4, -0.2) is 37.3 Å². The Hall–Kier alpha value is -3.50. The number of benzene rings is 2. The van der Waals surface area contributed by atoms with Crippen LogP contribution in [0.2, 0.25) is 0 Å². The molecule has 0 bridgehead atoms. The van der Waals surface area contributed by atoms with Crippen LogP contribution in [0, 0.1) is 12.8 Å². The second-order valence-electron chi connectivity index (χ2n) is 8.89. The summed E-state index contributed by atoms with van der Waals surface area (Å²) in [5.74, 6) is 0.607. The molecule has 2 amide bonds. The van der Waals surface area contributed by atoms with Crippen molar-refractivity contribution in [3.63, 3.8) is 0 Å². The zero-order chi connectivity index (χ0) is 26.4. The smallest absolute Gasteiger partial charge is 0.251 e. The van der Waals surface area contributed by atoms with E-state index < -0.39 is 0 Å². The molecule has 10 heteroatoms. The minimum Gasteiger partial charge on any atom is -0.342 e.